The Bertz CT molecular complexity index is 302. The highest BCUT2D eigenvalue weighted by Gasteiger charge is 2.14. The minimum atomic E-state index is -2.62. The number of nitrogens with two attached hydrogens (primary N) is 1. The van der Waals surface area contributed by atoms with Crippen molar-refractivity contribution < 1.29 is 8.78 Å². The summed E-state index contributed by atoms with van der Waals surface area (Å²) < 4.78 is 24.8. The first kappa shape index (κ1) is 9.38. The molecular weight excluding hydrogens is 230 g/mol. The molecular formula is C7H7BrF2N2. The van der Waals surface area contributed by atoms with Gasteiger partial charge in [-0.15, -0.1) is 0 Å². The molecule has 0 aliphatic heterocycles. The third kappa shape index (κ3) is 1.72. The summed E-state index contributed by atoms with van der Waals surface area (Å²) in [7, 11) is 0. The Hall–Kier alpha value is -0.710. The molecule has 0 saturated carbocycles. The molecule has 0 amide bonds. The van der Waals surface area contributed by atoms with Gasteiger partial charge in [0.25, 0.3) is 6.43 Å². The Labute approximate surface area is 76.9 Å². The predicted molar refractivity (Wildman–Crippen MR) is 46.0 cm³/mol. The summed E-state index contributed by atoms with van der Waals surface area (Å²) in [6.45, 7) is 1.74. The minimum Gasteiger partial charge on any atom is -0.397 e. The molecule has 0 atom stereocenters. The van der Waals surface area contributed by atoms with Crippen LogP contribution in [0.1, 0.15) is 17.7 Å². The van der Waals surface area contributed by atoms with Crippen molar-refractivity contribution in [1.82, 2.24) is 4.98 Å². The number of nitrogen functional groups attached to an aromatic ring is 1. The molecule has 0 aromatic carbocycles. The number of aromatic nitrogens is 1. The highest BCUT2D eigenvalue weighted by Crippen LogP contribution is 2.26. The third-order valence-electron chi connectivity index (χ3n) is 1.42. The van der Waals surface area contributed by atoms with Crippen LogP contribution in [0.2, 0.25) is 0 Å². The van der Waals surface area contributed by atoms with E-state index in [1.807, 2.05) is 0 Å². The zero-order chi connectivity index (χ0) is 9.30. The molecule has 0 unspecified atom stereocenters. The molecule has 0 aliphatic rings. The highest BCUT2D eigenvalue weighted by atomic mass is 79.9. The Kier molecular flexibility index (Phi) is 2.62. The number of halogens is 3. The van der Waals surface area contributed by atoms with Crippen LogP contribution in [-0.2, 0) is 0 Å². The molecule has 1 heterocycles. The molecule has 1 rings (SSSR count). The van der Waals surface area contributed by atoms with Crippen LogP contribution in [0.5, 0.6) is 0 Å². The second-order valence-electron chi connectivity index (χ2n) is 2.37. The van der Waals surface area contributed by atoms with E-state index in [9.17, 15) is 8.78 Å². The van der Waals surface area contributed by atoms with E-state index in [1.165, 1.54) is 6.07 Å². The number of pyridine rings is 1. The summed E-state index contributed by atoms with van der Waals surface area (Å²) in [5.74, 6) is 0. The fraction of sp³-hybridized carbons (Fsp3) is 0.286. The van der Waals surface area contributed by atoms with Gasteiger partial charge in [0.05, 0.1) is 5.69 Å². The molecule has 2 nitrogen and oxygen atoms in total. The Morgan fingerprint density at radius 2 is 2.17 bits per heavy atom. The lowest BCUT2D eigenvalue weighted by Crippen LogP contribution is -2.00. The Balaban J connectivity index is 3.23. The SMILES string of the molecule is Cc1cc(N)c(C(F)F)nc1Br. The number of rotatable bonds is 1. The van der Waals surface area contributed by atoms with Crippen LogP contribution in [0.4, 0.5) is 14.5 Å². The van der Waals surface area contributed by atoms with Crippen LogP contribution in [0.25, 0.3) is 0 Å². The molecule has 0 saturated heterocycles. The monoisotopic (exact) mass is 236 g/mol. The molecule has 0 radical (unpaired) electrons. The first-order valence-electron chi connectivity index (χ1n) is 3.23. The van der Waals surface area contributed by atoms with Gasteiger partial charge >= 0.3 is 0 Å². The standard InChI is InChI=1S/C7H7BrF2N2/c1-3-2-4(11)5(7(9)10)12-6(3)8/h2,7H,11H2,1H3. The van der Waals surface area contributed by atoms with E-state index in [1.54, 1.807) is 6.92 Å². The van der Waals surface area contributed by atoms with Crippen molar-refractivity contribution in [2.24, 2.45) is 0 Å². The van der Waals surface area contributed by atoms with Gasteiger partial charge in [0.1, 0.15) is 10.3 Å². The number of nitrogens with zero attached hydrogens (tertiary/aromatic N) is 1. The van der Waals surface area contributed by atoms with Gasteiger partial charge in [0, 0.05) is 0 Å². The summed E-state index contributed by atoms with van der Waals surface area (Å²) in [6, 6.07) is 1.47. The van der Waals surface area contributed by atoms with Crippen molar-refractivity contribution in [1.29, 1.82) is 0 Å². The van der Waals surface area contributed by atoms with Crippen molar-refractivity contribution >= 4 is 21.6 Å². The van der Waals surface area contributed by atoms with E-state index in [2.05, 4.69) is 20.9 Å². The van der Waals surface area contributed by atoms with Gasteiger partial charge in [-0.2, -0.15) is 0 Å². The predicted octanol–water partition coefficient (Wildman–Crippen LogP) is 2.67. The van der Waals surface area contributed by atoms with Gasteiger partial charge in [-0.3, -0.25) is 0 Å². The van der Waals surface area contributed by atoms with Gasteiger partial charge in [-0.25, -0.2) is 13.8 Å². The second-order valence-corrected chi connectivity index (χ2v) is 3.12. The second kappa shape index (κ2) is 3.35. The van der Waals surface area contributed by atoms with Gasteiger partial charge < -0.3 is 5.73 Å². The molecule has 66 valence electrons. The van der Waals surface area contributed by atoms with Gasteiger partial charge in [-0.1, -0.05) is 0 Å². The summed E-state index contributed by atoms with van der Waals surface area (Å²) in [4.78, 5) is 3.61. The molecule has 12 heavy (non-hydrogen) atoms. The maximum Gasteiger partial charge on any atom is 0.282 e. The van der Waals surface area contributed by atoms with Gasteiger partial charge in [-0.05, 0) is 34.5 Å². The van der Waals surface area contributed by atoms with Gasteiger partial charge in [0.2, 0.25) is 0 Å². The van der Waals surface area contributed by atoms with E-state index >= 15 is 0 Å². The maximum absolute atomic E-state index is 12.2. The van der Waals surface area contributed by atoms with Crippen LogP contribution in [0, 0.1) is 6.92 Å². The van der Waals surface area contributed by atoms with Crippen molar-refractivity contribution in [3.05, 3.63) is 21.9 Å². The van der Waals surface area contributed by atoms with E-state index in [0.717, 1.165) is 5.56 Å². The summed E-state index contributed by atoms with van der Waals surface area (Å²) >= 11 is 3.05. The molecule has 1 aromatic rings. The van der Waals surface area contributed by atoms with E-state index in [0.29, 0.717) is 4.60 Å². The van der Waals surface area contributed by atoms with Crippen LogP contribution < -0.4 is 5.73 Å². The normalized spacial score (nSPS) is 10.8. The molecule has 0 spiro atoms. The number of aryl methyl sites for hydroxylation is 1. The zero-order valence-corrected chi connectivity index (χ0v) is 7.90. The third-order valence-corrected chi connectivity index (χ3v) is 2.22. The maximum atomic E-state index is 12.2. The molecule has 0 bridgehead atoms. The Morgan fingerprint density at radius 1 is 1.58 bits per heavy atom. The van der Waals surface area contributed by atoms with Crippen molar-refractivity contribution in [2.45, 2.75) is 13.3 Å². The van der Waals surface area contributed by atoms with Crippen LogP contribution >= 0.6 is 15.9 Å². The average molecular weight is 237 g/mol. The molecule has 0 aliphatic carbocycles. The quantitative estimate of drug-likeness (QED) is 0.762. The van der Waals surface area contributed by atoms with Crippen molar-refractivity contribution in [3.63, 3.8) is 0 Å². The number of anilines is 1. The molecule has 1 aromatic heterocycles. The lowest BCUT2D eigenvalue weighted by atomic mass is 10.2. The van der Waals surface area contributed by atoms with Crippen LogP contribution in [0.15, 0.2) is 10.7 Å². The largest absolute Gasteiger partial charge is 0.397 e. The van der Waals surface area contributed by atoms with E-state index < -0.39 is 6.43 Å². The van der Waals surface area contributed by atoms with Crippen molar-refractivity contribution in [3.8, 4) is 0 Å². The summed E-state index contributed by atoms with van der Waals surface area (Å²) in [5.41, 5.74) is 5.74. The average Bonchev–Trinajstić information content (AvgIpc) is 1.96. The first-order valence-corrected chi connectivity index (χ1v) is 4.02. The minimum absolute atomic E-state index is 0.0331. The molecule has 2 N–H and O–H groups in total. The van der Waals surface area contributed by atoms with Crippen molar-refractivity contribution in [2.75, 3.05) is 5.73 Å². The molecule has 0 fully saturated rings. The lowest BCUT2D eigenvalue weighted by Gasteiger charge is -2.05. The lowest BCUT2D eigenvalue weighted by molar-refractivity contribution is 0.147. The highest BCUT2D eigenvalue weighted by molar-refractivity contribution is 9.10. The van der Waals surface area contributed by atoms with Crippen LogP contribution in [0.3, 0.4) is 0 Å². The number of hydrogen-bond acceptors (Lipinski definition) is 2. The smallest absolute Gasteiger partial charge is 0.282 e. The summed E-state index contributed by atoms with van der Waals surface area (Å²) in [6.07, 6.45) is -2.62. The van der Waals surface area contributed by atoms with E-state index in [4.69, 9.17) is 5.73 Å². The molecule has 5 heteroatoms. The fourth-order valence-electron chi connectivity index (χ4n) is 0.800. The topological polar surface area (TPSA) is 38.9 Å². The zero-order valence-electron chi connectivity index (χ0n) is 6.31. The van der Waals surface area contributed by atoms with Gasteiger partial charge in [0.15, 0.2) is 0 Å². The number of hydrogen-bond donors (Lipinski definition) is 1. The Morgan fingerprint density at radius 3 is 2.67 bits per heavy atom. The van der Waals surface area contributed by atoms with Crippen LogP contribution in [-0.4, -0.2) is 4.98 Å². The van der Waals surface area contributed by atoms with E-state index in [-0.39, 0.29) is 11.4 Å². The first-order chi connectivity index (χ1) is 5.52. The fourth-order valence-corrected chi connectivity index (χ4v) is 1.11. The summed E-state index contributed by atoms with van der Waals surface area (Å²) in [5, 5.41) is 0. The number of alkyl halides is 2.